The van der Waals surface area contributed by atoms with Gasteiger partial charge in [0.15, 0.2) is 0 Å². The molecule has 0 amide bonds. The lowest BCUT2D eigenvalue weighted by Gasteiger charge is -2.12. The number of hydrogen-bond acceptors (Lipinski definition) is 0. The Morgan fingerprint density at radius 3 is 1.77 bits per heavy atom. The van der Waals surface area contributed by atoms with Crippen molar-refractivity contribution in [3.63, 3.8) is 0 Å². The van der Waals surface area contributed by atoms with Crippen molar-refractivity contribution in [2.24, 2.45) is 10.8 Å². The molecule has 0 nitrogen and oxygen atoms in total. The number of allylic oxidation sites excluding steroid dienone is 2. The van der Waals surface area contributed by atoms with E-state index in [1.165, 1.54) is 5.57 Å². The molecule has 0 aliphatic heterocycles. The van der Waals surface area contributed by atoms with E-state index in [0.717, 1.165) is 0 Å². The van der Waals surface area contributed by atoms with Gasteiger partial charge in [0.05, 0.1) is 0 Å². The van der Waals surface area contributed by atoms with Crippen LogP contribution in [-0.4, -0.2) is 0 Å². The van der Waals surface area contributed by atoms with Gasteiger partial charge in [0.2, 0.25) is 0 Å². The third-order valence-electron chi connectivity index (χ3n) is 1.28. The Morgan fingerprint density at radius 2 is 1.46 bits per heavy atom. The number of hydrogen-bond donors (Lipinski definition) is 0. The highest BCUT2D eigenvalue weighted by atomic mass is 14.1. The van der Waals surface area contributed by atoms with E-state index in [2.05, 4.69) is 66.4 Å². The molecule has 0 atom stereocenters. The molecule has 0 radical (unpaired) electrons. The summed E-state index contributed by atoms with van der Waals surface area (Å²) in [6.07, 6.45) is 2.21. The fourth-order valence-electron chi connectivity index (χ4n) is 0.972. The average Bonchev–Trinajstić information content (AvgIpc) is 1.78. The molecule has 0 bridgehead atoms. The molecular weight excluding hydrogens is 156 g/mol. The lowest BCUT2D eigenvalue weighted by molar-refractivity contribution is 0.541. The van der Waals surface area contributed by atoms with Crippen molar-refractivity contribution in [2.45, 2.75) is 48.5 Å². The average molecular weight is 178 g/mol. The minimum Gasteiger partial charge on any atom is -0.0923 e. The van der Waals surface area contributed by atoms with Gasteiger partial charge in [0.1, 0.15) is 0 Å². The van der Waals surface area contributed by atoms with E-state index in [0.29, 0.717) is 0 Å². The normalized spacial score (nSPS) is 13.6. The molecular formula is C13H22. The zero-order valence-corrected chi connectivity index (χ0v) is 10.1. The van der Waals surface area contributed by atoms with Crippen LogP contribution in [0.5, 0.6) is 0 Å². The van der Waals surface area contributed by atoms with Crippen LogP contribution in [0, 0.1) is 22.7 Å². The van der Waals surface area contributed by atoms with E-state index >= 15 is 0 Å². The molecule has 0 aromatic rings. The highest BCUT2D eigenvalue weighted by Gasteiger charge is 2.06. The minimum atomic E-state index is 0.104. The summed E-state index contributed by atoms with van der Waals surface area (Å²) in [5.41, 5.74) is 1.51. The van der Waals surface area contributed by atoms with Crippen LogP contribution in [0.3, 0.4) is 0 Å². The van der Waals surface area contributed by atoms with Crippen LogP contribution >= 0.6 is 0 Å². The molecule has 0 aromatic carbocycles. The molecule has 0 saturated heterocycles. The molecule has 13 heavy (non-hydrogen) atoms. The molecule has 0 aromatic heterocycles. The fraction of sp³-hybridized carbons (Fsp3) is 0.692. The fourth-order valence-corrected chi connectivity index (χ4v) is 0.972. The van der Waals surface area contributed by atoms with Crippen molar-refractivity contribution in [1.82, 2.24) is 0 Å². The van der Waals surface area contributed by atoms with Gasteiger partial charge in [0, 0.05) is 5.41 Å². The van der Waals surface area contributed by atoms with Crippen molar-refractivity contribution < 1.29 is 0 Å². The Morgan fingerprint density at radius 1 is 1.00 bits per heavy atom. The predicted molar refractivity (Wildman–Crippen MR) is 60.4 cm³/mol. The lowest BCUT2D eigenvalue weighted by Crippen LogP contribution is -2.01. The summed E-state index contributed by atoms with van der Waals surface area (Å²) >= 11 is 0. The molecule has 0 N–H and O–H groups in total. The van der Waals surface area contributed by atoms with Crippen LogP contribution < -0.4 is 0 Å². The van der Waals surface area contributed by atoms with E-state index in [1.54, 1.807) is 0 Å². The molecule has 0 rings (SSSR count). The topological polar surface area (TPSA) is 0 Å². The SMILES string of the molecule is C/C(C#CC(C)(C)C)=C\C(C)(C)C. The highest BCUT2D eigenvalue weighted by Crippen LogP contribution is 2.17. The van der Waals surface area contributed by atoms with E-state index < -0.39 is 0 Å². The standard InChI is InChI=1S/C13H22/c1-11(10-13(5,6)7)8-9-12(2,3)4/h10H,1-7H3/b11-10+. The van der Waals surface area contributed by atoms with Gasteiger partial charge in [-0.2, -0.15) is 0 Å². The Bertz CT molecular complexity index is 242. The van der Waals surface area contributed by atoms with Gasteiger partial charge < -0.3 is 0 Å². The zero-order chi connectivity index (χ0) is 10.7. The first kappa shape index (κ1) is 12.3. The molecule has 0 unspecified atom stereocenters. The molecule has 0 heterocycles. The first-order valence-electron chi connectivity index (χ1n) is 4.83. The molecule has 0 saturated carbocycles. The van der Waals surface area contributed by atoms with Crippen LogP contribution in [0.4, 0.5) is 0 Å². The second-order valence-corrected chi connectivity index (χ2v) is 5.69. The van der Waals surface area contributed by atoms with E-state index in [4.69, 9.17) is 0 Å². The monoisotopic (exact) mass is 178 g/mol. The Hall–Kier alpha value is -0.700. The maximum Gasteiger partial charge on any atom is 0.0233 e. The smallest absolute Gasteiger partial charge is 0.0233 e. The van der Waals surface area contributed by atoms with Gasteiger partial charge in [-0.25, -0.2) is 0 Å². The molecule has 74 valence electrons. The molecule has 0 aliphatic rings. The van der Waals surface area contributed by atoms with Crippen molar-refractivity contribution in [3.05, 3.63) is 11.6 Å². The maximum absolute atomic E-state index is 3.23. The molecule has 0 spiro atoms. The summed E-state index contributed by atoms with van der Waals surface area (Å²) in [4.78, 5) is 0. The summed E-state index contributed by atoms with van der Waals surface area (Å²) in [5.74, 6) is 6.42. The molecule has 0 fully saturated rings. The summed E-state index contributed by atoms with van der Waals surface area (Å²) < 4.78 is 0. The molecule has 0 heteroatoms. The number of rotatable bonds is 0. The Labute approximate surface area is 83.4 Å². The summed E-state index contributed by atoms with van der Waals surface area (Å²) in [5, 5.41) is 0. The van der Waals surface area contributed by atoms with Crippen LogP contribution in [0.25, 0.3) is 0 Å². The van der Waals surface area contributed by atoms with Gasteiger partial charge >= 0.3 is 0 Å². The van der Waals surface area contributed by atoms with Gasteiger partial charge in [-0.3, -0.25) is 0 Å². The van der Waals surface area contributed by atoms with Crippen molar-refractivity contribution in [2.75, 3.05) is 0 Å². The lowest BCUT2D eigenvalue weighted by atomic mass is 9.93. The Balaban J connectivity index is 4.54. The zero-order valence-electron chi connectivity index (χ0n) is 10.1. The van der Waals surface area contributed by atoms with Crippen molar-refractivity contribution in [3.8, 4) is 11.8 Å². The summed E-state index contributed by atoms with van der Waals surface area (Å²) in [6, 6.07) is 0. The maximum atomic E-state index is 3.23. The van der Waals surface area contributed by atoms with Crippen LogP contribution in [0.1, 0.15) is 48.5 Å². The van der Waals surface area contributed by atoms with Gasteiger partial charge in [-0.15, -0.1) is 0 Å². The van der Waals surface area contributed by atoms with Crippen LogP contribution in [0.2, 0.25) is 0 Å². The van der Waals surface area contributed by atoms with Gasteiger partial charge in [-0.05, 0) is 38.7 Å². The van der Waals surface area contributed by atoms with Crippen LogP contribution in [0.15, 0.2) is 11.6 Å². The van der Waals surface area contributed by atoms with Gasteiger partial charge in [-0.1, -0.05) is 38.7 Å². The second kappa shape index (κ2) is 4.01. The van der Waals surface area contributed by atoms with E-state index in [9.17, 15) is 0 Å². The highest BCUT2D eigenvalue weighted by molar-refractivity contribution is 5.29. The minimum absolute atomic E-state index is 0.104. The first-order chi connectivity index (χ1) is 5.60. The van der Waals surface area contributed by atoms with Crippen molar-refractivity contribution >= 4 is 0 Å². The third-order valence-corrected chi connectivity index (χ3v) is 1.28. The Kier molecular flexibility index (Phi) is 3.79. The van der Waals surface area contributed by atoms with Crippen molar-refractivity contribution in [1.29, 1.82) is 0 Å². The van der Waals surface area contributed by atoms with Crippen LogP contribution in [-0.2, 0) is 0 Å². The summed E-state index contributed by atoms with van der Waals surface area (Å²) in [6.45, 7) is 15.0. The quantitative estimate of drug-likeness (QED) is 0.491. The largest absolute Gasteiger partial charge is 0.0923 e. The summed E-state index contributed by atoms with van der Waals surface area (Å²) in [7, 11) is 0. The van der Waals surface area contributed by atoms with E-state index in [1.807, 2.05) is 0 Å². The van der Waals surface area contributed by atoms with Gasteiger partial charge in [0.25, 0.3) is 0 Å². The third kappa shape index (κ3) is 9.21. The second-order valence-electron chi connectivity index (χ2n) is 5.69. The first-order valence-corrected chi connectivity index (χ1v) is 4.83. The molecule has 0 aliphatic carbocycles. The predicted octanol–water partition coefficient (Wildman–Crippen LogP) is 4.03. The van der Waals surface area contributed by atoms with E-state index in [-0.39, 0.29) is 10.8 Å².